The van der Waals surface area contributed by atoms with Gasteiger partial charge in [-0.25, -0.2) is 8.42 Å². The Morgan fingerprint density at radius 1 is 1.05 bits per heavy atom. The van der Waals surface area contributed by atoms with Crippen molar-refractivity contribution >= 4 is 31.1 Å². The number of para-hydroxylation sites is 1. The summed E-state index contributed by atoms with van der Waals surface area (Å²) in [6.07, 6.45) is 5.40. The molecule has 0 radical (unpaired) electrons. The molecule has 2 aromatic rings. The molecule has 0 aliphatic rings. The van der Waals surface area contributed by atoms with E-state index in [-0.39, 0.29) is 4.90 Å². The molecule has 0 unspecified atom stereocenters. The van der Waals surface area contributed by atoms with E-state index in [4.69, 9.17) is 17.1 Å². The molecule has 0 atom stereocenters. The van der Waals surface area contributed by atoms with E-state index in [1.165, 1.54) is 12.1 Å². The summed E-state index contributed by atoms with van der Waals surface area (Å²) in [5.74, 6) is 2.57. The van der Waals surface area contributed by atoms with Crippen LogP contribution in [0.3, 0.4) is 0 Å². The molecule has 0 amide bonds. The lowest BCUT2D eigenvalue weighted by molar-refractivity contribution is 0.609. The van der Waals surface area contributed by atoms with Crippen LogP contribution in [-0.2, 0) is 9.05 Å². The minimum absolute atomic E-state index is 0.0601. The first-order chi connectivity index (χ1) is 9.00. The molecule has 0 spiro atoms. The number of hydrogen-bond acceptors (Lipinski definition) is 3. The first kappa shape index (κ1) is 13.5. The number of nitrogens with one attached hydrogen (secondary N) is 1. The Labute approximate surface area is 116 Å². The van der Waals surface area contributed by atoms with Crippen LogP contribution in [0.25, 0.3) is 0 Å². The lowest BCUT2D eigenvalue weighted by Crippen LogP contribution is -1.95. The number of terminal acetylenes is 1. The van der Waals surface area contributed by atoms with E-state index in [0.29, 0.717) is 0 Å². The topological polar surface area (TPSA) is 46.2 Å². The van der Waals surface area contributed by atoms with E-state index >= 15 is 0 Å². The van der Waals surface area contributed by atoms with Gasteiger partial charge in [-0.15, -0.1) is 6.42 Å². The fourth-order valence-corrected chi connectivity index (χ4v) is 2.34. The van der Waals surface area contributed by atoms with Crippen molar-refractivity contribution in [1.29, 1.82) is 0 Å². The van der Waals surface area contributed by atoms with Gasteiger partial charge in [0, 0.05) is 21.9 Å². The van der Waals surface area contributed by atoms with Crippen LogP contribution in [0, 0.1) is 12.3 Å². The van der Waals surface area contributed by atoms with Gasteiger partial charge >= 0.3 is 0 Å². The molecule has 0 fully saturated rings. The Kier molecular flexibility index (Phi) is 3.79. The maximum atomic E-state index is 11.1. The van der Waals surface area contributed by atoms with Gasteiger partial charge in [0.2, 0.25) is 0 Å². The van der Waals surface area contributed by atoms with E-state index in [2.05, 4.69) is 11.2 Å². The summed E-state index contributed by atoms with van der Waals surface area (Å²) in [4.78, 5) is 0.0601. The lowest BCUT2D eigenvalue weighted by Gasteiger charge is -2.08. The SMILES string of the molecule is C#Cc1ccccc1Nc1ccc(S(=O)(=O)Cl)cc1. The molecule has 0 bridgehead atoms. The molecule has 0 saturated heterocycles. The van der Waals surface area contributed by atoms with Gasteiger partial charge in [-0.05, 0) is 36.4 Å². The zero-order valence-corrected chi connectivity index (χ0v) is 11.4. The predicted octanol–water partition coefficient (Wildman–Crippen LogP) is 3.34. The van der Waals surface area contributed by atoms with Gasteiger partial charge in [-0.3, -0.25) is 0 Å². The first-order valence-corrected chi connectivity index (χ1v) is 7.69. The standard InChI is InChI=1S/C14H10ClNO2S/c1-2-11-5-3-4-6-14(11)16-12-7-9-13(10-8-12)19(15,17)18/h1,3-10,16H. The van der Waals surface area contributed by atoms with Gasteiger partial charge in [0.05, 0.1) is 10.6 Å². The fraction of sp³-hybridized carbons (Fsp3) is 0. The Morgan fingerprint density at radius 3 is 2.26 bits per heavy atom. The molecule has 5 heteroatoms. The van der Waals surface area contributed by atoms with Crippen LogP contribution in [-0.4, -0.2) is 8.42 Å². The van der Waals surface area contributed by atoms with Crippen molar-refractivity contribution in [1.82, 2.24) is 0 Å². The third kappa shape index (κ3) is 3.28. The number of benzene rings is 2. The lowest BCUT2D eigenvalue weighted by atomic mass is 10.2. The second-order valence-corrected chi connectivity index (χ2v) is 6.34. The van der Waals surface area contributed by atoms with Gasteiger partial charge in [0.15, 0.2) is 0 Å². The van der Waals surface area contributed by atoms with Crippen LogP contribution < -0.4 is 5.32 Å². The summed E-state index contributed by atoms with van der Waals surface area (Å²) in [6.45, 7) is 0. The molecule has 19 heavy (non-hydrogen) atoms. The smallest absolute Gasteiger partial charge is 0.261 e. The van der Waals surface area contributed by atoms with E-state index in [1.807, 2.05) is 24.3 Å². The molecular weight excluding hydrogens is 282 g/mol. The van der Waals surface area contributed by atoms with Crippen LogP contribution in [0.15, 0.2) is 53.4 Å². The van der Waals surface area contributed by atoms with Crippen molar-refractivity contribution in [2.24, 2.45) is 0 Å². The van der Waals surface area contributed by atoms with Gasteiger partial charge in [-0.1, -0.05) is 18.1 Å². The molecule has 3 nitrogen and oxygen atoms in total. The van der Waals surface area contributed by atoms with Crippen LogP contribution in [0.5, 0.6) is 0 Å². The number of rotatable bonds is 3. The Hall–Kier alpha value is -1.96. The number of hydrogen-bond donors (Lipinski definition) is 1. The van der Waals surface area contributed by atoms with Crippen molar-refractivity contribution in [2.75, 3.05) is 5.32 Å². The highest BCUT2D eigenvalue weighted by Gasteiger charge is 2.09. The minimum atomic E-state index is -3.69. The van der Waals surface area contributed by atoms with Crippen LogP contribution in [0.2, 0.25) is 0 Å². The number of halogens is 1. The molecule has 1 N–H and O–H groups in total. The van der Waals surface area contributed by atoms with Gasteiger partial charge < -0.3 is 5.32 Å². The maximum absolute atomic E-state index is 11.1. The van der Waals surface area contributed by atoms with E-state index in [0.717, 1.165) is 16.9 Å². The van der Waals surface area contributed by atoms with Crippen molar-refractivity contribution in [3.05, 3.63) is 54.1 Å². The summed E-state index contributed by atoms with van der Waals surface area (Å²) in [7, 11) is 1.55. The molecule has 0 heterocycles. The van der Waals surface area contributed by atoms with Gasteiger partial charge in [-0.2, -0.15) is 0 Å². The first-order valence-electron chi connectivity index (χ1n) is 5.38. The average molecular weight is 292 g/mol. The molecule has 2 rings (SSSR count). The zero-order valence-electron chi connectivity index (χ0n) is 9.80. The molecule has 2 aromatic carbocycles. The van der Waals surface area contributed by atoms with Crippen molar-refractivity contribution < 1.29 is 8.42 Å². The van der Waals surface area contributed by atoms with Crippen molar-refractivity contribution in [3.63, 3.8) is 0 Å². The third-order valence-electron chi connectivity index (χ3n) is 2.50. The highest BCUT2D eigenvalue weighted by molar-refractivity contribution is 8.13. The summed E-state index contributed by atoms with van der Waals surface area (Å²) in [5.41, 5.74) is 2.25. The van der Waals surface area contributed by atoms with Crippen LogP contribution in [0.4, 0.5) is 11.4 Å². The Morgan fingerprint density at radius 2 is 1.68 bits per heavy atom. The van der Waals surface area contributed by atoms with E-state index in [1.54, 1.807) is 12.1 Å². The Bertz CT molecular complexity index is 731. The third-order valence-corrected chi connectivity index (χ3v) is 3.87. The van der Waals surface area contributed by atoms with Gasteiger partial charge in [0.25, 0.3) is 9.05 Å². The Balaban J connectivity index is 2.28. The van der Waals surface area contributed by atoms with Crippen molar-refractivity contribution in [2.45, 2.75) is 4.90 Å². The summed E-state index contributed by atoms with van der Waals surface area (Å²) in [6, 6.07) is 13.5. The van der Waals surface area contributed by atoms with Gasteiger partial charge in [0.1, 0.15) is 0 Å². The predicted molar refractivity (Wildman–Crippen MR) is 77.1 cm³/mol. The fourth-order valence-electron chi connectivity index (χ4n) is 1.57. The molecule has 0 aliphatic heterocycles. The molecule has 0 aliphatic carbocycles. The molecule has 96 valence electrons. The summed E-state index contributed by atoms with van der Waals surface area (Å²) >= 11 is 0. The normalized spacial score (nSPS) is 10.7. The molecule has 0 aromatic heterocycles. The highest BCUT2D eigenvalue weighted by atomic mass is 35.7. The van der Waals surface area contributed by atoms with E-state index in [9.17, 15) is 8.42 Å². The number of anilines is 2. The highest BCUT2D eigenvalue weighted by Crippen LogP contribution is 2.22. The second-order valence-electron chi connectivity index (χ2n) is 3.78. The summed E-state index contributed by atoms with van der Waals surface area (Å²) in [5, 5.41) is 3.12. The minimum Gasteiger partial charge on any atom is -0.355 e. The average Bonchev–Trinajstić information content (AvgIpc) is 2.39. The molecular formula is C14H10ClNO2S. The molecule has 0 saturated carbocycles. The zero-order chi connectivity index (χ0) is 13.9. The van der Waals surface area contributed by atoms with Crippen LogP contribution >= 0.6 is 10.7 Å². The monoisotopic (exact) mass is 291 g/mol. The van der Waals surface area contributed by atoms with Crippen molar-refractivity contribution in [3.8, 4) is 12.3 Å². The maximum Gasteiger partial charge on any atom is 0.261 e. The second kappa shape index (κ2) is 5.35. The quantitative estimate of drug-likeness (QED) is 0.697. The van der Waals surface area contributed by atoms with Crippen LogP contribution in [0.1, 0.15) is 5.56 Å². The summed E-state index contributed by atoms with van der Waals surface area (Å²) < 4.78 is 22.2. The largest absolute Gasteiger partial charge is 0.355 e. The van der Waals surface area contributed by atoms with E-state index < -0.39 is 9.05 Å².